The molecule has 4 heteroatoms. The average Bonchev–Trinajstić information content (AvgIpc) is 2.34. The van der Waals surface area contributed by atoms with Crippen LogP contribution in [0.1, 0.15) is 36.3 Å². The van der Waals surface area contributed by atoms with Gasteiger partial charge in [-0.3, -0.25) is 0 Å². The summed E-state index contributed by atoms with van der Waals surface area (Å²) in [6.45, 7) is 0. The predicted molar refractivity (Wildman–Crippen MR) is 65.3 cm³/mol. The van der Waals surface area contributed by atoms with Crippen LogP contribution in [0.25, 0.3) is 10.9 Å². The minimum absolute atomic E-state index is 0.526. The Morgan fingerprint density at radius 1 is 1.12 bits per heavy atom. The Labute approximate surface area is 98.7 Å². The Bertz CT molecular complexity index is 583. The fourth-order valence-electron chi connectivity index (χ4n) is 2.47. The zero-order valence-corrected chi connectivity index (χ0v) is 9.30. The van der Waals surface area contributed by atoms with Gasteiger partial charge >= 0.3 is 0 Å². The first kappa shape index (κ1) is 10.5. The predicted octanol–water partition coefficient (Wildman–Crippen LogP) is 1.68. The van der Waals surface area contributed by atoms with E-state index in [9.17, 15) is 10.2 Å². The standard InChI is InChI=1S/C13H14N2O2/c14-12-7-3-1-2-4-8(7)15-13-10(17)6-5-9(16)11(12)13/h1-4,9-10,16-17H,5-6H2,(H2,14,15). The molecule has 1 aromatic carbocycles. The smallest absolute Gasteiger partial charge is 0.0965 e. The zero-order valence-electron chi connectivity index (χ0n) is 9.30. The van der Waals surface area contributed by atoms with Crippen LogP contribution in [0.3, 0.4) is 0 Å². The first-order valence-corrected chi connectivity index (χ1v) is 5.72. The van der Waals surface area contributed by atoms with Crippen LogP contribution >= 0.6 is 0 Å². The molecule has 2 unspecified atom stereocenters. The van der Waals surface area contributed by atoms with Crippen molar-refractivity contribution in [1.82, 2.24) is 4.98 Å². The van der Waals surface area contributed by atoms with Gasteiger partial charge in [-0.15, -0.1) is 0 Å². The van der Waals surface area contributed by atoms with Gasteiger partial charge in [0, 0.05) is 16.6 Å². The molecule has 0 amide bonds. The van der Waals surface area contributed by atoms with Gasteiger partial charge in [0.15, 0.2) is 0 Å². The number of aromatic nitrogens is 1. The Kier molecular flexibility index (Phi) is 2.28. The third kappa shape index (κ3) is 1.49. The van der Waals surface area contributed by atoms with Crippen molar-refractivity contribution >= 4 is 16.6 Å². The highest BCUT2D eigenvalue weighted by molar-refractivity contribution is 5.92. The lowest BCUT2D eigenvalue weighted by Gasteiger charge is -2.26. The van der Waals surface area contributed by atoms with Crippen LogP contribution in [-0.2, 0) is 0 Å². The average molecular weight is 230 g/mol. The molecule has 2 aromatic rings. The van der Waals surface area contributed by atoms with E-state index in [0.717, 1.165) is 10.9 Å². The van der Waals surface area contributed by atoms with E-state index in [4.69, 9.17) is 5.73 Å². The van der Waals surface area contributed by atoms with Crippen molar-refractivity contribution in [2.75, 3.05) is 5.73 Å². The number of benzene rings is 1. The van der Waals surface area contributed by atoms with Gasteiger partial charge < -0.3 is 15.9 Å². The number of pyridine rings is 1. The number of fused-ring (bicyclic) bond motifs is 2. The van der Waals surface area contributed by atoms with Crippen molar-refractivity contribution in [1.29, 1.82) is 0 Å². The molecule has 0 radical (unpaired) electrons. The minimum Gasteiger partial charge on any atom is -0.398 e. The zero-order chi connectivity index (χ0) is 12.0. The van der Waals surface area contributed by atoms with Gasteiger partial charge in [-0.25, -0.2) is 4.98 Å². The molecule has 3 rings (SSSR count). The normalized spacial score (nSPS) is 23.6. The summed E-state index contributed by atoms with van der Waals surface area (Å²) in [7, 11) is 0. The highest BCUT2D eigenvalue weighted by Gasteiger charge is 2.29. The number of nitrogens with two attached hydrogens (primary N) is 1. The second-order valence-corrected chi connectivity index (χ2v) is 4.45. The van der Waals surface area contributed by atoms with Crippen LogP contribution in [-0.4, -0.2) is 15.2 Å². The highest BCUT2D eigenvalue weighted by Crippen LogP contribution is 2.40. The molecule has 0 saturated heterocycles. The topological polar surface area (TPSA) is 79.4 Å². The third-order valence-electron chi connectivity index (χ3n) is 3.36. The Morgan fingerprint density at radius 2 is 1.82 bits per heavy atom. The summed E-state index contributed by atoms with van der Waals surface area (Å²) in [5, 5.41) is 20.8. The Balaban J connectivity index is 2.37. The molecule has 1 aromatic heterocycles. The molecule has 0 fully saturated rings. The van der Waals surface area contributed by atoms with Crippen LogP contribution in [0.5, 0.6) is 0 Å². The lowest BCUT2D eigenvalue weighted by atomic mass is 9.89. The van der Waals surface area contributed by atoms with Gasteiger partial charge in [-0.2, -0.15) is 0 Å². The van der Waals surface area contributed by atoms with Crippen LogP contribution in [0.15, 0.2) is 24.3 Å². The maximum atomic E-state index is 9.99. The monoisotopic (exact) mass is 230 g/mol. The second-order valence-electron chi connectivity index (χ2n) is 4.45. The van der Waals surface area contributed by atoms with Gasteiger partial charge in [0.2, 0.25) is 0 Å². The van der Waals surface area contributed by atoms with E-state index in [2.05, 4.69) is 4.98 Å². The fraction of sp³-hybridized carbons (Fsp3) is 0.308. The summed E-state index contributed by atoms with van der Waals surface area (Å²) in [4.78, 5) is 4.42. The number of aliphatic hydroxyl groups is 2. The van der Waals surface area contributed by atoms with Gasteiger partial charge in [0.25, 0.3) is 0 Å². The number of para-hydroxylation sites is 1. The maximum absolute atomic E-state index is 9.99. The van der Waals surface area contributed by atoms with Gasteiger partial charge in [0.05, 0.1) is 23.4 Å². The molecule has 1 aliphatic carbocycles. The second kappa shape index (κ2) is 3.68. The molecule has 4 N–H and O–H groups in total. The summed E-state index contributed by atoms with van der Waals surface area (Å²) >= 11 is 0. The molecule has 2 atom stereocenters. The van der Waals surface area contributed by atoms with Crippen molar-refractivity contribution in [3.05, 3.63) is 35.5 Å². The number of hydrogen-bond donors (Lipinski definition) is 3. The quantitative estimate of drug-likeness (QED) is 0.643. The number of aliphatic hydroxyl groups excluding tert-OH is 2. The Hall–Kier alpha value is -1.65. The van der Waals surface area contributed by atoms with Crippen molar-refractivity contribution in [3.8, 4) is 0 Å². The first-order valence-electron chi connectivity index (χ1n) is 5.72. The van der Waals surface area contributed by atoms with Gasteiger partial charge in [-0.1, -0.05) is 18.2 Å². The summed E-state index contributed by atoms with van der Waals surface area (Å²) in [6.07, 6.45) is -0.192. The Morgan fingerprint density at radius 3 is 2.65 bits per heavy atom. The molecular weight excluding hydrogens is 216 g/mol. The van der Waals surface area contributed by atoms with Gasteiger partial charge in [0.1, 0.15) is 0 Å². The van der Waals surface area contributed by atoms with Crippen molar-refractivity contribution < 1.29 is 10.2 Å². The molecule has 0 saturated carbocycles. The first-order chi connectivity index (χ1) is 8.18. The van der Waals surface area contributed by atoms with Crippen molar-refractivity contribution in [2.24, 2.45) is 0 Å². The lowest BCUT2D eigenvalue weighted by Crippen LogP contribution is -2.18. The summed E-state index contributed by atoms with van der Waals surface area (Å²) in [5.74, 6) is 0. The number of nitrogen functional groups attached to an aromatic ring is 1. The van der Waals surface area contributed by atoms with E-state index in [1.54, 1.807) is 0 Å². The van der Waals surface area contributed by atoms with Crippen molar-refractivity contribution in [3.63, 3.8) is 0 Å². The summed E-state index contributed by atoms with van der Waals surface area (Å²) < 4.78 is 0. The van der Waals surface area contributed by atoms with Crippen LogP contribution in [0.2, 0.25) is 0 Å². The number of anilines is 1. The summed E-state index contributed by atoms with van der Waals surface area (Å²) in [6, 6.07) is 7.51. The van der Waals surface area contributed by atoms with Crippen LogP contribution < -0.4 is 5.73 Å². The van der Waals surface area contributed by atoms with E-state index in [0.29, 0.717) is 29.8 Å². The molecule has 0 aliphatic heterocycles. The minimum atomic E-state index is -0.625. The molecular formula is C13H14N2O2. The van der Waals surface area contributed by atoms with Crippen LogP contribution in [0, 0.1) is 0 Å². The van der Waals surface area contributed by atoms with Crippen LogP contribution in [0.4, 0.5) is 5.69 Å². The van der Waals surface area contributed by atoms with E-state index in [1.807, 2.05) is 24.3 Å². The number of nitrogens with zero attached hydrogens (tertiary/aromatic N) is 1. The summed E-state index contributed by atoms with van der Waals surface area (Å²) in [5.41, 5.74) is 8.51. The molecule has 1 heterocycles. The van der Waals surface area contributed by atoms with E-state index in [-0.39, 0.29) is 0 Å². The maximum Gasteiger partial charge on any atom is 0.0965 e. The molecule has 0 bridgehead atoms. The van der Waals surface area contributed by atoms with E-state index in [1.165, 1.54) is 0 Å². The van der Waals surface area contributed by atoms with Crippen molar-refractivity contribution in [2.45, 2.75) is 25.0 Å². The third-order valence-corrected chi connectivity index (χ3v) is 3.36. The SMILES string of the molecule is Nc1c2c(nc3ccccc13)C(O)CCC2O. The number of hydrogen-bond acceptors (Lipinski definition) is 4. The van der Waals surface area contributed by atoms with E-state index >= 15 is 0 Å². The fourth-order valence-corrected chi connectivity index (χ4v) is 2.47. The molecule has 1 aliphatic rings. The molecule has 88 valence electrons. The molecule has 0 spiro atoms. The lowest BCUT2D eigenvalue weighted by molar-refractivity contribution is 0.0884. The largest absolute Gasteiger partial charge is 0.398 e. The highest BCUT2D eigenvalue weighted by atomic mass is 16.3. The molecule has 17 heavy (non-hydrogen) atoms. The molecule has 4 nitrogen and oxygen atoms in total. The van der Waals surface area contributed by atoms with E-state index < -0.39 is 12.2 Å². The van der Waals surface area contributed by atoms with Gasteiger partial charge in [-0.05, 0) is 18.9 Å². The number of rotatable bonds is 0.